The van der Waals surface area contributed by atoms with Gasteiger partial charge in [-0.15, -0.1) is 0 Å². The van der Waals surface area contributed by atoms with Gasteiger partial charge in [0.2, 0.25) is 5.91 Å². The molecule has 0 radical (unpaired) electrons. The van der Waals surface area contributed by atoms with Gasteiger partial charge in [-0.05, 0) is 12.1 Å². The van der Waals surface area contributed by atoms with Crippen LogP contribution in [0.25, 0.3) is 0 Å². The van der Waals surface area contributed by atoms with E-state index in [4.69, 9.17) is 5.11 Å². The fourth-order valence-electron chi connectivity index (χ4n) is 0.769. The van der Waals surface area contributed by atoms with Crippen LogP contribution < -0.4 is 5.32 Å². The number of rotatable bonds is 1. The standard InChI is InChI=1S/C8H9NO2.C2H6/c1-6(10)9-7-4-2-3-5-8(7)11;1-2/h2-5,11H,1H3,(H,9,10);1-2H3. The number of hydrogen-bond acceptors (Lipinski definition) is 2. The van der Waals surface area contributed by atoms with Crippen molar-refractivity contribution in [2.45, 2.75) is 20.8 Å². The fourth-order valence-corrected chi connectivity index (χ4v) is 0.769. The van der Waals surface area contributed by atoms with Gasteiger partial charge in [-0.1, -0.05) is 26.0 Å². The summed E-state index contributed by atoms with van der Waals surface area (Å²) >= 11 is 0. The van der Waals surface area contributed by atoms with Crippen LogP contribution in [0.4, 0.5) is 5.69 Å². The molecule has 13 heavy (non-hydrogen) atoms. The summed E-state index contributed by atoms with van der Waals surface area (Å²) in [6.45, 7) is 5.40. The summed E-state index contributed by atoms with van der Waals surface area (Å²) in [5.41, 5.74) is 0.444. The van der Waals surface area contributed by atoms with Crippen LogP contribution in [0.2, 0.25) is 0 Å². The summed E-state index contributed by atoms with van der Waals surface area (Å²) < 4.78 is 0. The van der Waals surface area contributed by atoms with Gasteiger partial charge in [-0.2, -0.15) is 0 Å². The minimum Gasteiger partial charge on any atom is -0.506 e. The number of carbonyl (C=O) groups excluding carboxylic acids is 1. The number of aromatic hydroxyl groups is 1. The van der Waals surface area contributed by atoms with Crippen molar-refractivity contribution in [1.82, 2.24) is 0 Å². The second kappa shape index (κ2) is 6.06. The summed E-state index contributed by atoms with van der Waals surface area (Å²) in [5, 5.41) is 11.6. The zero-order valence-electron chi connectivity index (χ0n) is 8.16. The van der Waals surface area contributed by atoms with E-state index in [-0.39, 0.29) is 11.7 Å². The van der Waals surface area contributed by atoms with E-state index in [0.717, 1.165) is 0 Å². The Hall–Kier alpha value is -1.51. The minimum absolute atomic E-state index is 0.0858. The van der Waals surface area contributed by atoms with E-state index in [1.54, 1.807) is 18.2 Å². The first-order valence-corrected chi connectivity index (χ1v) is 4.26. The van der Waals surface area contributed by atoms with Gasteiger partial charge in [0.15, 0.2) is 0 Å². The molecular weight excluding hydrogens is 166 g/mol. The van der Waals surface area contributed by atoms with Crippen LogP contribution in [0.1, 0.15) is 20.8 Å². The van der Waals surface area contributed by atoms with Crippen molar-refractivity contribution >= 4 is 11.6 Å². The summed E-state index contributed by atoms with van der Waals surface area (Å²) in [6.07, 6.45) is 0. The number of benzene rings is 1. The zero-order chi connectivity index (χ0) is 10.3. The first-order valence-electron chi connectivity index (χ1n) is 4.26. The van der Waals surface area contributed by atoms with Crippen molar-refractivity contribution in [2.75, 3.05) is 5.32 Å². The Balaban J connectivity index is 0.000000671. The van der Waals surface area contributed by atoms with Crippen molar-refractivity contribution in [3.8, 4) is 5.75 Å². The first-order chi connectivity index (χ1) is 6.20. The van der Waals surface area contributed by atoms with Crippen molar-refractivity contribution in [2.24, 2.45) is 0 Å². The highest BCUT2D eigenvalue weighted by molar-refractivity contribution is 5.90. The highest BCUT2D eigenvalue weighted by atomic mass is 16.3. The Kier molecular flexibility index (Phi) is 5.35. The molecule has 72 valence electrons. The van der Waals surface area contributed by atoms with E-state index in [1.165, 1.54) is 13.0 Å². The molecule has 0 aromatic heterocycles. The average Bonchev–Trinajstić information content (AvgIpc) is 2.12. The first kappa shape index (κ1) is 11.5. The second-order valence-electron chi connectivity index (χ2n) is 2.20. The van der Waals surface area contributed by atoms with Crippen LogP contribution in [0.5, 0.6) is 5.75 Å². The second-order valence-corrected chi connectivity index (χ2v) is 2.20. The SMILES string of the molecule is CC.CC(=O)Nc1ccccc1O. The average molecular weight is 181 g/mol. The maximum absolute atomic E-state index is 10.5. The van der Waals surface area contributed by atoms with E-state index in [9.17, 15) is 4.79 Å². The quantitative estimate of drug-likeness (QED) is 0.653. The van der Waals surface area contributed by atoms with Gasteiger partial charge >= 0.3 is 0 Å². The van der Waals surface area contributed by atoms with Crippen molar-refractivity contribution < 1.29 is 9.90 Å². The molecule has 2 N–H and O–H groups in total. The number of nitrogens with one attached hydrogen (secondary N) is 1. The summed E-state index contributed by atoms with van der Waals surface area (Å²) in [4.78, 5) is 10.5. The predicted molar refractivity (Wildman–Crippen MR) is 53.8 cm³/mol. The molecule has 1 rings (SSSR count). The number of amides is 1. The molecule has 0 saturated heterocycles. The number of phenols is 1. The Bertz CT molecular complexity index is 271. The molecule has 0 saturated carbocycles. The summed E-state index contributed by atoms with van der Waals surface area (Å²) in [5.74, 6) is -0.103. The summed E-state index contributed by atoms with van der Waals surface area (Å²) in [7, 11) is 0. The summed E-state index contributed by atoms with van der Waals surface area (Å²) in [6, 6.07) is 6.59. The van der Waals surface area contributed by atoms with Gasteiger partial charge in [0.1, 0.15) is 5.75 Å². The molecule has 1 aromatic carbocycles. The van der Waals surface area contributed by atoms with Crippen LogP contribution >= 0.6 is 0 Å². The molecule has 0 spiro atoms. The monoisotopic (exact) mass is 181 g/mol. The lowest BCUT2D eigenvalue weighted by atomic mass is 10.3. The van der Waals surface area contributed by atoms with Gasteiger partial charge in [0.05, 0.1) is 5.69 Å². The van der Waals surface area contributed by atoms with Crippen molar-refractivity contribution in [1.29, 1.82) is 0 Å². The molecule has 0 aliphatic heterocycles. The zero-order valence-corrected chi connectivity index (χ0v) is 8.16. The van der Waals surface area contributed by atoms with Crippen LogP contribution in [0, 0.1) is 0 Å². The highest BCUT2D eigenvalue weighted by Crippen LogP contribution is 2.20. The van der Waals surface area contributed by atoms with E-state index in [2.05, 4.69) is 5.32 Å². The lowest BCUT2D eigenvalue weighted by molar-refractivity contribution is -0.114. The molecule has 0 heterocycles. The number of anilines is 1. The molecule has 0 bridgehead atoms. The third-order valence-corrected chi connectivity index (χ3v) is 1.21. The predicted octanol–water partition coefficient (Wildman–Crippen LogP) is 2.38. The molecule has 0 atom stereocenters. The van der Waals surface area contributed by atoms with Crippen molar-refractivity contribution in [3.05, 3.63) is 24.3 Å². The number of carbonyl (C=O) groups is 1. The highest BCUT2D eigenvalue weighted by Gasteiger charge is 1.98. The Morgan fingerprint density at radius 1 is 1.31 bits per heavy atom. The Morgan fingerprint density at radius 2 is 1.85 bits per heavy atom. The van der Waals surface area contributed by atoms with Crippen LogP contribution in [-0.4, -0.2) is 11.0 Å². The molecule has 0 unspecified atom stereocenters. The Labute approximate surface area is 78.4 Å². The Morgan fingerprint density at radius 3 is 2.31 bits per heavy atom. The maximum atomic E-state index is 10.5. The van der Waals surface area contributed by atoms with E-state index in [1.807, 2.05) is 13.8 Å². The lowest BCUT2D eigenvalue weighted by Crippen LogP contribution is -2.05. The van der Waals surface area contributed by atoms with Gasteiger partial charge in [-0.25, -0.2) is 0 Å². The molecule has 0 aliphatic rings. The van der Waals surface area contributed by atoms with Gasteiger partial charge in [0, 0.05) is 6.92 Å². The molecule has 0 aliphatic carbocycles. The van der Waals surface area contributed by atoms with Gasteiger partial charge in [0.25, 0.3) is 0 Å². The van der Waals surface area contributed by atoms with Crippen LogP contribution in [0.3, 0.4) is 0 Å². The maximum Gasteiger partial charge on any atom is 0.221 e. The molecule has 3 heteroatoms. The normalized spacial score (nSPS) is 8.23. The third kappa shape index (κ3) is 4.15. The van der Waals surface area contributed by atoms with Gasteiger partial charge < -0.3 is 10.4 Å². The van der Waals surface area contributed by atoms with Crippen molar-refractivity contribution in [3.63, 3.8) is 0 Å². The van der Waals surface area contributed by atoms with Crippen LogP contribution in [-0.2, 0) is 4.79 Å². The molecule has 1 amide bonds. The smallest absolute Gasteiger partial charge is 0.221 e. The van der Waals surface area contributed by atoms with Gasteiger partial charge in [-0.3, -0.25) is 4.79 Å². The lowest BCUT2D eigenvalue weighted by Gasteiger charge is -2.02. The van der Waals surface area contributed by atoms with E-state index >= 15 is 0 Å². The fraction of sp³-hybridized carbons (Fsp3) is 0.300. The largest absolute Gasteiger partial charge is 0.506 e. The number of para-hydroxylation sites is 2. The number of hydrogen-bond donors (Lipinski definition) is 2. The van der Waals surface area contributed by atoms with E-state index < -0.39 is 0 Å². The minimum atomic E-state index is -0.188. The third-order valence-electron chi connectivity index (χ3n) is 1.21. The van der Waals surface area contributed by atoms with Crippen LogP contribution in [0.15, 0.2) is 24.3 Å². The molecule has 3 nitrogen and oxygen atoms in total. The number of phenolic OH excluding ortho intramolecular Hbond substituents is 1. The van der Waals surface area contributed by atoms with E-state index in [0.29, 0.717) is 5.69 Å². The molecule has 1 aromatic rings. The molecular formula is C10H15NO2. The molecule has 0 fully saturated rings. The topological polar surface area (TPSA) is 49.3 Å².